The van der Waals surface area contributed by atoms with Gasteiger partial charge >= 0.3 is 0 Å². The zero-order chi connectivity index (χ0) is 17.3. The first-order valence-electron chi connectivity index (χ1n) is 7.64. The van der Waals surface area contributed by atoms with Crippen LogP contribution in [-0.4, -0.2) is 65.8 Å². The molecular weight excluding hydrogens is 388 g/mol. The van der Waals surface area contributed by atoms with Crippen molar-refractivity contribution in [3.8, 4) is 0 Å². The van der Waals surface area contributed by atoms with Gasteiger partial charge in [-0.1, -0.05) is 17.7 Å². The lowest BCUT2D eigenvalue weighted by Gasteiger charge is -2.31. The molecule has 1 aromatic rings. The van der Waals surface area contributed by atoms with Crippen molar-refractivity contribution >= 4 is 51.1 Å². The summed E-state index contributed by atoms with van der Waals surface area (Å²) in [5.74, 6) is 2.54. The van der Waals surface area contributed by atoms with Gasteiger partial charge in [0.15, 0.2) is 0 Å². The SMILES string of the molecule is Cc1c(Cl)cccc1S(=O)(=O)N1CSCC1C(=O)N1CCSCC1. The summed E-state index contributed by atoms with van der Waals surface area (Å²) in [6.07, 6.45) is 0. The van der Waals surface area contributed by atoms with Crippen LogP contribution in [0.2, 0.25) is 5.02 Å². The molecule has 2 aliphatic heterocycles. The summed E-state index contributed by atoms with van der Waals surface area (Å²) in [5, 5.41) is 0.416. The molecule has 0 aliphatic carbocycles. The van der Waals surface area contributed by atoms with E-state index in [1.807, 2.05) is 11.8 Å². The number of amides is 1. The molecule has 0 aromatic heterocycles. The Balaban J connectivity index is 1.89. The van der Waals surface area contributed by atoms with Crippen LogP contribution in [0, 0.1) is 6.92 Å². The summed E-state index contributed by atoms with van der Waals surface area (Å²) in [7, 11) is -3.75. The summed E-state index contributed by atoms with van der Waals surface area (Å²) < 4.78 is 27.5. The number of sulfonamides is 1. The smallest absolute Gasteiger partial charge is 0.244 e. The molecule has 9 heteroatoms. The van der Waals surface area contributed by atoms with E-state index in [9.17, 15) is 13.2 Å². The summed E-state index contributed by atoms with van der Waals surface area (Å²) in [6.45, 7) is 3.07. The van der Waals surface area contributed by atoms with Crippen molar-refractivity contribution in [3.63, 3.8) is 0 Å². The molecule has 2 aliphatic rings. The number of thioether (sulfide) groups is 2. The molecule has 5 nitrogen and oxygen atoms in total. The third-order valence-electron chi connectivity index (χ3n) is 4.25. The van der Waals surface area contributed by atoms with Gasteiger partial charge in [0.2, 0.25) is 15.9 Å². The number of halogens is 1. The quantitative estimate of drug-likeness (QED) is 0.770. The van der Waals surface area contributed by atoms with Crippen molar-refractivity contribution in [2.24, 2.45) is 0 Å². The molecule has 1 unspecified atom stereocenters. The Morgan fingerprint density at radius 1 is 1.25 bits per heavy atom. The van der Waals surface area contributed by atoms with Crippen LogP contribution in [0.15, 0.2) is 23.1 Å². The molecule has 3 rings (SSSR count). The molecule has 0 spiro atoms. The predicted octanol–water partition coefficient (Wildman–Crippen LogP) is 2.29. The number of carbonyl (C=O) groups excluding carboxylic acids is 1. The molecule has 2 fully saturated rings. The number of hydrogen-bond acceptors (Lipinski definition) is 5. The van der Waals surface area contributed by atoms with Gasteiger partial charge in [-0.05, 0) is 24.6 Å². The second-order valence-corrected chi connectivity index (χ2v) is 10.2. The Bertz CT molecular complexity index is 735. The van der Waals surface area contributed by atoms with E-state index in [0.717, 1.165) is 11.5 Å². The molecular formula is C15H19ClN2O3S3. The van der Waals surface area contributed by atoms with Gasteiger partial charge < -0.3 is 4.90 Å². The normalized spacial score (nSPS) is 22.8. The zero-order valence-electron chi connectivity index (χ0n) is 13.3. The maximum Gasteiger partial charge on any atom is 0.244 e. The van der Waals surface area contributed by atoms with Crippen molar-refractivity contribution in [3.05, 3.63) is 28.8 Å². The Hall–Kier alpha value is -0.410. The maximum atomic E-state index is 13.1. The summed E-state index contributed by atoms with van der Waals surface area (Å²) >= 11 is 9.38. The molecule has 0 N–H and O–H groups in total. The van der Waals surface area contributed by atoms with E-state index < -0.39 is 16.1 Å². The van der Waals surface area contributed by atoms with E-state index in [0.29, 0.717) is 35.3 Å². The topological polar surface area (TPSA) is 57.7 Å². The number of rotatable bonds is 3. The van der Waals surface area contributed by atoms with Crippen molar-refractivity contribution in [2.75, 3.05) is 36.2 Å². The maximum absolute atomic E-state index is 13.1. The largest absolute Gasteiger partial charge is 0.340 e. The fourth-order valence-corrected chi connectivity index (χ4v) is 7.36. The Kier molecular flexibility index (Phi) is 5.71. The van der Waals surface area contributed by atoms with Gasteiger partial charge in [-0.25, -0.2) is 8.42 Å². The summed E-state index contributed by atoms with van der Waals surface area (Å²) in [4.78, 5) is 14.8. The Labute approximate surface area is 156 Å². The van der Waals surface area contributed by atoms with Crippen molar-refractivity contribution in [1.82, 2.24) is 9.21 Å². The highest BCUT2D eigenvalue weighted by Crippen LogP contribution is 2.32. The average molecular weight is 407 g/mol. The van der Waals surface area contributed by atoms with Crippen LogP contribution in [0.3, 0.4) is 0 Å². The van der Waals surface area contributed by atoms with Gasteiger partial charge in [-0.2, -0.15) is 16.1 Å². The standard InChI is InChI=1S/C15H19ClN2O3S3/c1-11-12(16)3-2-4-14(11)24(20,21)18-10-23-9-13(18)15(19)17-5-7-22-8-6-17/h2-4,13H,5-10H2,1H3. The van der Waals surface area contributed by atoms with Gasteiger partial charge in [0, 0.05) is 35.4 Å². The van der Waals surface area contributed by atoms with E-state index in [2.05, 4.69) is 0 Å². The van der Waals surface area contributed by atoms with Gasteiger partial charge in [0.05, 0.1) is 10.8 Å². The number of carbonyl (C=O) groups is 1. The molecule has 1 atom stereocenters. The lowest BCUT2D eigenvalue weighted by atomic mass is 10.2. The first-order valence-corrected chi connectivity index (χ1v) is 11.8. The summed E-state index contributed by atoms with van der Waals surface area (Å²) in [6, 6.07) is 4.23. The minimum absolute atomic E-state index is 0.0800. The van der Waals surface area contributed by atoms with Crippen molar-refractivity contribution in [1.29, 1.82) is 0 Å². The fraction of sp³-hybridized carbons (Fsp3) is 0.533. The first kappa shape index (κ1) is 18.4. The minimum atomic E-state index is -3.75. The predicted molar refractivity (Wildman–Crippen MR) is 100 cm³/mol. The third-order valence-corrected chi connectivity index (χ3v) is 8.78. The van der Waals surface area contributed by atoms with Crippen LogP contribution in [-0.2, 0) is 14.8 Å². The van der Waals surface area contributed by atoms with Crippen LogP contribution in [0.4, 0.5) is 0 Å². The molecule has 24 heavy (non-hydrogen) atoms. The van der Waals surface area contributed by atoms with Crippen LogP contribution < -0.4 is 0 Å². The van der Waals surface area contributed by atoms with Crippen LogP contribution in [0.5, 0.6) is 0 Å². The van der Waals surface area contributed by atoms with Crippen molar-refractivity contribution in [2.45, 2.75) is 17.9 Å². The van der Waals surface area contributed by atoms with E-state index in [-0.39, 0.29) is 10.8 Å². The highest BCUT2D eigenvalue weighted by atomic mass is 35.5. The first-order chi connectivity index (χ1) is 11.4. The number of hydrogen-bond donors (Lipinski definition) is 0. The Morgan fingerprint density at radius 2 is 1.96 bits per heavy atom. The van der Waals surface area contributed by atoms with E-state index in [1.54, 1.807) is 30.0 Å². The second kappa shape index (κ2) is 7.45. The van der Waals surface area contributed by atoms with Gasteiger partial charge in [-0.15, -0.1) is 11.8 Å². The van der Waals surface area contributed by atoms with E-state index in [4.69, 9.17) is 11.6 Å². The molecule has 2 heterocycles. The molecule has 1 aromatic carbocycles. The van der Waals surface area contributed by atoms with Crippen LogP contribution >= 0.6 is 35.1 Å². The summed E-state index contributed by atoms with van der Waals surface area (Å²) in [5.41, 5.74) is 0.525. The van der Waals surface area contributed by atoms with Crippen molar-refractivity contribution < 1.29 is 13.2 Å². The molecule has 132 valence electrons. The zero-order valence-corrected chi connectivity index (χ0v) is 16.5. The van der Waals surface area contributed by atoms with Gasteiger partial charge in [0.1, 0.15) is 6.04 Å². The third kappa shape index (κ3) is 3.44. The molecule has 2 saturated heterocycles. The van der Waals surface area contributed by atoms with E-state index >= 15 is 0 Å². The molecule has 0 radical (unpaired) electrons. The van der Waals surface area contributed by atoms with Crippen LogP contribution in [0.25, 0.3) is 0 Å². The molecule has 1 amide bonds. The highest BCUT2D eigenvalue weighted by Gasteiger charge is 2.42. The molecule has 0 saturated carbocycles. The van der Waals surface area contributed by atoms with Gasteiger partial charge in [0.25, 0.3) is 0 Å². The number of nitrogens with zero attached hydrogens (tertiary/aromatic N) is 2. The lowest BCUT2D eigenvalue weighted by molar-refractivity contribution is -0.133. The molecule has 0 bridgehead atoms. The second-order valence-electron chi connectivity index (χ2n) is 5.71. The lowest BCUT2D eigenvalue weighted by Crippen LogP contribution is -2.51. The fourth-order valence-electron chi connectivity index (χ4n) is 2.85. The van der Waals surface area contributed by atoms with Gasteiger partial charge in [-0.3, -0.25) is 4.79 Å². The average Bonchev–Trinajstić information content (AvgIpc) is 3.08. The van der Waals surface area contributed by atoms with Crippen LogP contribution in [0.1, 0.15) is 5.56 Å². The van der Waals surface area contributed by atoms with E-state index in [1.165, 1.54) is 16.1 Å². The highest BCUT2D eigenvalue weighted by molar-refractivity contribution is 8.00. The minimum Gasteiger partial charge on any atom is -0.340 e. The number of benzene rings is 1. The Morgan fingerprint density at radius 3 is 2.67 bits per heavy atom. The monoisotopic (exact) mass is 406 g/mol.